The number of nitrogens with zero attached hydrogens (tertiary/aromatic N) is 1. The molecule has 1 aliphatic rings. The molecule has 1 aromatic rings. The Labute approximate surface area is 108 Å². The Balaban J connectivity index is 2.20. The smallest absolute Gasteiger partial charge is 0.128 e. The van der Waals surface area contributed by atoms with Crippen molar-refractivity contribution in [3.05, 3.63) is 35.6 Å². The lowest BCUT2D eigenvalue weighted by molar-refractivity contribution is -0.0802. The Morgan fingerprint density at radius 3 is 2.50 bits per heavy atom. The molecule has 0 bridgehead atoms. The van der Waals surface area contributed by atoms with Crippen LogP contribution in [0.2, 0.25) is 0 Å². The molecule has 18 heavy (non-hydrogen) atoms. The van der Waals surface area contributed by atoms with E-state index in [9.17, 15) is 4.39 Å². The molecule has 3 nitrogen and oxygen atoms in total. The zero-order valence-electron chi connectivity index (χ0n) is 11.0. The van der Waals surface area contributed by atoms with Gasteiger partial charge in [-0.05, 0) is 19.9 Å². The number of hydrogen-bond donors (Lipinski definition) is 1. The predicted molar refractivity (Wildman–Crippen MR) is 69.8 cm³/mol. The molecule has 2 rings (SSSR count). The molecule has 0 radical (unpaired) electrons. The number of benzene rings is 1. The van der Waals surface area contributed by atoms with Crippen LogP contribution in [0.1, 0.15) is 25.5 Å². The maximum absolute atomic E-state index is 13.9. The summed E-state index contributed by atoms with van der Waals surface area (Å²) in [7, 11) is 0. The van der Waals surface area contributed by atoms with Gasteiger partial charge in [0.15, 0.2) is 0 Å². The van der Waals surface area contributed by atoms with Crippen molar-refractivity contribution in [1.29, 1.82) is 0 Å². The summed E-state index contributed by atoms with van der Waals surface area (Å²) >= 11 is 0. The van der Waals surface area contributed by atoms with Gasteiger partial charge in [-0.3, -0.25) is 4.90 Å². The predicted octanol–water partition coefficient (Wildman–Crippen LogP) is 1.93. The van der Waals surface area contributed by atoms with Crippen LogP contribution in [0.5, 0.6) is 0 Å². The van der Waals surface area contributed by atoms with Crippen molar-refractivity contribution in [2.24, 2.45) is 5.73 Å². The van der Waals surface area contributed by atoms with Crippen LogP contribution in [0.15, 0.2) is 24.3 Å². The van der Waals surface area contributed by atoms with Gasteiger partial charge in [-0.15, -0.1) is 0 Å². The van der Waals surface area contributed by atoms with Crippen LogP contribution in [-0.4, -0.2) is 36.7 Å². The Bertz CT molecular complexity index is 389. The Morgan fingerprint density at radius 1 is 1.33 bits per heavy atom. The third kappa shape index (κ3) is 2.88. The molecule has 4 heteroatoms. The average molecular weight is 252 g/mol. The fraction of sp³-hybridized carbons (Fsp3) is 0.571. The molecule has 2 N–H and O–H groups in total. The summed E-state index contributed by atoms with van der Waals surface area (Å²) in [6.45, 7) is 6.08. The van der Waals surface area contributed by atoms with E-state index in [0.717, 1.165) is 13.1 Å². The first-order chi connectivity index (χ1) is 8.61. The molecular formula is C14H21FN2O. The van der Waals surface area contributed by atoms with Crippen LogP contribution in [0.25, 0.3) is 0 Å². The van der Waals surface area contributed by atoms with Crippen LogP contribution < -0.4 is 5.73 Å². The Kier molecular flexibility index (Phi) is 4.32. The average Bonchev–Trinajstić information content (AvgIpc) is 2.31. The van der Waals surface area contributed by atoms with Crippen LogP contribution in [0.4, 0.5) is 4.39 Å². The quantitative estimate of drug-likeness (QED) is 0.893. The minimum atomic E-state index is -0.181. The molecule has 3 atom stereocenters. The van der Waals surface area contributed by atoms with Gasteiger partial charge in [-0.1, -0.05) is 18.2 Å². The van der Waals surface area contributed by atoms with Gasteiger partial charge in [-0.2, -0.15) is 0 Å². The van der Waals surface area contributed by atoms with E-state index in [0.29, 0.717) is 12.1 Å². The number of ether oxygens (including phenoxy) is 1. The van der Waals surface area contributed by atoms with E-state index >= 15 is 0 Å². The summed E-state index contributed by atoms with van der Waals surface area (Å²) in [4.78, 5) is 2.22. The van der Waals surface area contributed by atoms with Gasteiger partial charge in [0, 0.05) is 25.2 Å². The van der Waals surface area contributed by atoms with Crippen molar-refractivity contribution in [1.82, 2.24) is 4.90 Å². The van der Waals surface area contributed by atoms with Crippen LogP contribution in [0.3, 0.4) is 0 Å². The monoisotopic (exact) mass is 252 g/mol. The van der Waals surface area contributed by atoms with Crippen molar-refractivity contribution in [2.75, 3.05) is 19.6 Å². The molecule has 0 aliphatic carbocycles. The van der Waals surface area contributed by atoms with Crippen LogP contribution in [-0.2, 0) is 4.74 Å². The molecule has 0 aromatic heterocycles. The summed E-state index contributed by atoms with van der Waals surface area (Å²) in [5.41, 5.74) is 6.53. The third-order valence-corrected chi connectivity index (χ3v) is 3.38. The highest BCUT2D eigenvalue weighted by molar-refractivity contribution is 5.22. The molecule has 0 saturated carbocycles. The highest BCUT2D eigenvalue weighted by atomic mass is 19.1. The van der Waals surface area contributed by atoms with E-state index < -0.39 is 0 Å². The maximum atomic E-state index is 13.9. The van der Waals surface area contributed by atoms with E-state index in [2.05, 4.69) is 4.90 Å². The van der Waals surface area contributed by atoms with Crippen molar-refractivity contribution < 1.29 is 9.13 Å². The molecule has 100 valence electrons. The topological polar surface area (TPSA) is 38.5 Å². The lowest BCUT2D eigenvalue weighted by atomic mass is 10.0. The van der Waals surface area contributed by atoms with Gasteiger partial charge >= 0.3 is 0 Å². The Morgan fingerprint density at radius 2 is 1.94 bits per heavy atom. The molecule has 1 saturated heterocycles. The first kappa shape index (κ1) is 13.5. The number of halogens is 1. The highest BCUT2D eigenvalue weighted by Crippen LogP contribution is 2.25. The zero-order valence-corrected chi connectivity index (χ0v) is 11.0. The van der Waals surface area contributed by atoms with Crippen LogP contribution >= 0.6 is 0 Å². The summed E-state index contributed by atoms with van der Waals surface area (Å²) in [5.74, 6) is -0.181. The van der Waals surface area contributed by atoms with E-state index in [4.69, 9.17) is 10.5 Å². The molecule has 0 spiro atoms. The summed E-state index contributed by atoms with van der Waals surface area (Å²) in [6, 6.07) is 6.80. The van der Waals surface area contributed by atoms with Crippen molar-refractivity contribution >= 4 is 0 Å². The van der Waals surface area contributed by atoms with Gasteiger partial charge in [0.2, 0.25) is 0 Å². The molecule has 0 unspecified atom stereocenters. The van der Waals surface area contributed by atoms with E-state index in [1.54, 1.807) is 6.07 Å². The number of rotatable bonds is 3. The summed E-state index contributed by atoms with van der Waals surface area (Å²) in [5, 5.41) is 0. The van der Waals surface area contributed by atoms with Gasteiger partial charge in [0.05, 0.1) is 18.2 Å². The zero-order chi connectivity index (χ0) is 13.1. The first-order valence-corrected chi connectivity index (χ1v) is 6.45. The minimum Gasteiger partial charge on any atom is -0.373 e. The maximum Gasteiger partial charge on any atom is 0.128 e. The second-order valence-corrected chi connectivity index (χ2v) is 4.98. The molecule has 0 amide bonds. The highest BCUT2D eigenvalue weighted by Gasteiger charge is 2.29. The van der Waals surface area contributed by atoms with E-state index in [-0.39, 0.29) is 24.1 Å². The summed E-state index contributed by atoms with van der Waals surface area (Å²) < 4.78 is 19.6. The molecule has 1 fully saturated rings. The van der Waals surface area contributed by atoms with Gasteiger partial charge in [0.25, 0.3) is 0 Å². The van der Waals surface area contributed by atoms with Crippen LogP contribution in [0, 0.1) is 5.82 Å². The van der Waals surface area contributed by atoms with E-state index in [1.165, 1.54) is 6.07 Å². The van der Waals surface area contributed by atoms with E-state index in [1.807, 2.05) is 26.0 Å². The number of hydrogen-bond acceptors (Lipinski definition) is 3. The third-order valence-electron chi connectivity index (χ3n) is 3.38. The molecule has 1 heterocycles. The minimum absolute atomic E-state index is 0.0694. The van der Waals surface area contributed by atoms with Gasteiger partial charge in [0.1, 0.15) is 5.82 Å². The summed E-state index contributed by atoms with van der Waals surface area (Å²) in [6.07, 6.45) is 0.323. The fourth-order valence-electron chi connectivity index (χ4n) is 2.69. The standard InChI is InChI=1S/C14H21FN2O/c1-10-8-17(9-11(2)18-10)14(7-16)12-5-3-4-6-13(12)15/h3-6,10-11,14H,7-9,16H2,1-2H3/t10-,11-,14+/m1/s1. The lowest BCUT2D eigenvalue weighted by Crippen LogP contribution is -2.48. The SMILES string of the molecule is C[C@@H]1CN([C@@H](CN)c2ccccc2F)C[C@@H](C)O1. The first-order valence-electron chi connectivity index (χ1n) is 6.45. The normalized spacial score (nSPS) is 27.1. The largest absolute Gasteiger partial charge is 0.373 e. The Hall–Kier alpha value is -0.970. The van der Waals surface area contributed by atoms with Crippen molar-refractivity contribution in [2.45, 2.75) is 32.1 Å². The van der Waals surface area contributed by atoms with Gasteiger partial charge in [-0.25, -0.2) is 4.39 Å². The van der Waals surface area contributed by atoms with Crippen molar-refractivity contribution in [3.8, 4) is 0 Å². The van der Waals surface area contributed by atoms with Gasteiger partial charge < -0.3 is 10.5 Å². The fourth-order valence-corrected chi connectivity index (χ4v) is 2.69. The molecule has 1 aromatic carbocycles. The lowest BCUT2D eigenvalue weighted by Gasteiger charge is -2.40. The number of nitrogens with two attached hydrogens (primary N) is 1. The number of morpholine rings is 1. The molecule has 1 aliphatic heterocycles. The second-order valence-electron chi connectivity index (χ2n) is 4.98. The second kappa shape index (κ2) is 5.78. The van der Waals surface area contributed by atoms with Crippen molar-refractivity contribution in [3.63, 3.8) is 0 Å². The molecular weight excluding hydrogens is 231 g/mol.